The van der Waals surface area contributed by atoms with Crippen LogP contribution in [0.1, 0.15) is 20.8 Å². The summed E-state index contributed by atoms with van der Waals surface area (Å²) in [6.45, 7) is 8.97. The van der Waals surface area contributed by atoms with Crippen molar-refractivity contribution in [2.45, 2.75) is 26.8 Å². The highest BCUT2D eigenvalue weighted by Gasteiger charge is 2.32. The minimum absolute atomic E-state index is 0.124. The van der Waals surface area contributed by atoms with Crippen molar-refractivity contribution < 1.29 is 9.53 Å². The van der Waals surface area contributed by atoms with Gasteiger partial charge in [-0.2, -0.15) is 0 Å². The number of nitrogens with two attached hydrogens (primary N) is 1. The third-order valence-electron chi connectivity index (χ3n) is 2.85. The van der Waals surface area contributed by atoms with Gasteiger partial charge in [-0.1, -0.05) is 0 Å². The van der Waals surface area contributed by atoms with Crippen molar-refractivity contribution in [3.63, 3.8) is 0 Å². The molecule has 5 heteroatoms. The number of hydrazine groups is 1. The summed E-state index contributed by atoms with van der Waals surface area (Å²) in [5.74, 6) is 5.03. The number of amides is 1. The van der Waals surface area contributed by atoms with E-state index in [1.54, 1.807) is 0 Å². The van der Waals surface area contributed by atoms with Crippen molar-refractivity contribution in [2.24, 2.45) is 11.3 Å². The molecule has 0 bridgehead atoms. The molecule has 5 nitrogen and oxygen atoms in total. The average Bonchev–Trinajstić information content (AvgIpc) is 2.20. The largest absolute Gasteiger partial charge is 0.379 e. The summed E-state index contributed by atoms with van der Waals surface area (Å²) >= 11 is 0. The van der Waals surface area contributed by atoms with Crippen LogP contribution in [0.2, 0.25) is 0 Å². The lowest BCUT2D eigenvalue weighted by molar-refractivity contribution is -0.131. The summed E-state index contributed by atoms with van der Waals surface area (Å²) in [5.41, 5.74) is 1.75. The summed E-state index contributed by atoms with van der Waals surface area (Å²) in [4.78, 5) is 13.8. The lowest BCUT2D eigenvalue weighted by Crippen LogP contribution is -2.52. The Balaban J connectivity index is 2.55. The molecule has 1 saturated heterocycles. The second kappa shape index (κ2) is 4.92. The molecule has 88 valence electrons. The van der Waals surface area contributed by atoms with E-state index < -0.39 is 5.41 Å². The summed E-state index contributed by atoms with van der Waals surface area (Å²) in [6, 6.07) is 0.364. The molecule has 0 aliphatic carbocycles. The number of ether oxygens (including phenoxy) is 1. The molecule has 0 aromatic heterocycles. The molecule has 1 fully saturated rings. The van der Waals surface area contributed by atoms with Crippen LogP contribution in [-0.2, 0) is 9.53 Å². The molecule has 0 aromatic carbocycles. The summed E-state index contributed by atoms with van der Waals surface area (Å²) < 4.78 is 5.35. The van der Waals surface area contributed by atoms with Crippen molar-refractivity contribution in [1.82, 2.24) is 10.3 Å². The minimum Gasteiger partial charge on any atom is -0.379 e. The van der Waals surface area contributed by atoms with Gasteiger partial charge in [-0.25, -0.2) is 5.84 Å². The second-order valence-electron chi connectivity index (χ2n) is 4.75. The lowest BCUT2D eigenvalue weighted by atomic mass is 9.91. The van der Waals surface area contributed by atoms with Gasteiger partial charge in [0, 0.05) is 19.1 Å². The number of morpholine rings is 1. The molecule has 0 spiro atoms. The van der Waals surface area contributed by atoms with Gasteiger partial charge in [0.2, 0.25) is 5.91 Å². The zero-order valence-corrected chi connectivity index (χ0v) is 9.75. The van der Waals surface area contributed by atoms with Crippen LogP contribution < -0.4 is 11.3 Å². The van der Waals surface area contributed by atoms with Crippen molar-refractivity contribution in [3.8, 4) is 0 Å². The van der Waals surface area contributed by atoms with E-state index in [0.717, 1.165) is 19.8 Å². The Morgan fingerprint density at radius 1 is 1.67 bits per heavy atom. The van der Waals surface area contributed by atoms with Crippen LogP contribution in [0.25, 0.3) is 0 Å². The molecule has 1 atom stereocenters. The molecule has 1 rings (SSSR count). The molecule has 3 N–H and O–H groups in total. The highest BCUT2D eigenvalue weighted by atomic mass is 16.5. The number of nitrogens with one attached hydrogen (secondary N) is 1. The predicted molar refractivity (Wildman–Crippen MR) is 58.0 cm³/mol. The fourth-order valence-corrected chi connectivity index (χ4v) is 1.77. The van der Waals surface area contributed by atoms with Gasteiger partial charge in [0.1, 0.15) is 0 Å². The van der Waals surface area contributed by atoms with Crippen LogP contribution in [0.5, 0.6) is 0 Å². The van der Waals surface area contributed by atoms with E-state index in [1.807, 2.05) is 13.8 Å². The number of hydrogen-bond donors (Lipinski definition) is 2. The van der Waals surface area contributed by atoms with Crippen LogP contribution in [0.3, 0.4) is 0 Å². The molecular formula is C10H21N3O2. The first-order chi connectivity index (χ1) is 6.97. The summed E-state index contributed by atoms with van der Waals surface area (Å²) in [6.07, 6.45) is 0. The first-order valence-electron chi connectivity index (χ1n) is 5.30. The zero-order valence-electron chi connectivity index (χ0n) is 9.75. The molecule has 1 heterocycles. The van der Waals surface area contributed by atoms with Gasteiger partial charge in [0.15, 0.2) is 0 Å². The van der Waals surface area contributed by atoms with Crippen LogP contribution in [0, 0.1) is 5.41 Å². The average molecular weight is 215 g/mol. The molecular weight excluding hydrogens is 194 g/mol. The molecule has 1 amide bonds. The maximum Gasteiger partial charge on any atom is 0.240 e. The van der Waals surface area contributed by atoms with Crippen LogP contribution in [0.15, 0.2) is 0 Å². The van der Waals surface area contributed by atoms with E-state index in [2.05, 4.69) is 17.2 Å². The van der Waals surface area contributed by atoms with Gasteiger partial charge >= 0.3 is 0 Å². The standard InChI is InChI=1S/C10H21N3O2/c1-8-6-15-5-4-13(8)7-10(2,3)9(14)12-11/h8H,4-7,11H2,1-3H3,(H,12,14). The van der Waals surface area contributed by atoms with E-state index in [-0.39, 0.29) is 5.91 Å². The molecule has 1 aliphatic heterocycles. The predicted octanol–water partition coefficient (Wildman–Crippen LogP) is -0.277. The van der Waals surface area contributed by atoms with Gasteiger partial charge in [0.05, 0.1) is 18.6 Å². The zero-order chi connectivity index (χ0) is 11.5. The first kappa shape index (κ1) is 12.4. The van der Waals surface area contributed by atoms with Gasteiger partial charge in [0.25, 0.3) is 0 Å². The minimum atomic E-state index is -0.458. The van der Waals surface area contributed by atoms with Crippen LogP contribution in [0.4, 0.5) is 0 Å². The molecule has 0 radical (unpaired) electrons. The van der Waals surface area contributed by atoms with Gasteiger partial charge in [-0.05, 0) is 20.8 Å². The molecule has 0 saturated carbocycles. The van der Waals surface area contributed by atoms with Crippen LogP contribution in [-0.4, -0.2) is 43.2 Å². The SMILES string of the molecule is CC1COCCN1CC(C)(C)C(=O)NN. The number of hydrogen-bond acceptors (Lipinski definition) is 4. The Morgan fingerprint density at radius 3 is 2.87 bits per heavy atom. The lowest BCUT2D eigenvalue weighted by Gasteiger charge is -2.37. The van der Waals surface area contributed by atoms with E-state index in [9.17, 15) is 4.79 Å². The summed E-state index contributed by atoms with van der Waals surface area (Å²) in [7, 11) is 0. The Kier molecular flexibility index (Phi) is 4.07. The fraction of sp³-hybridized carbons (Fsp3) is 0.900. The molecule has 1 aliphatic rings. The van der Waals surface area contributed by atoms with Crippen LogP contribution >= 0.6 is 0 Å². The van der Waals surface area contributed by atoms with Gasteiger partial charge in [-0.15, -0.1) is 0 Å². The third-order valence-corrected chi connectivity index (χ3v) is 2.85. The Hall–Kier alpha value is -0.650. The Morgan fingerprint density at radius 2 is 2.33 bits per heavy atom. The Bertz CT molecular complexity index is 231. The maximum absolute atomic E-state index is 11.5. The normalized spacial score (nSPS) is 23.9. The van der Waals surface area contributed by atoms with Crippen molar-refractivity contribution in [1.29, 1.82) is 0 Å². The topological polar surface area (TPSA) is 67.6 Å². The first-order valence-corrected chi connectivity index (χ1v) is 5.30. The summed E-state index contributed by atoms with van der Waals surface area (Å²) in [5, 5.41) is 0. The second-order valence-corrected chi connectivity index (χ2v) is 4.75. The fourth-order valence-electron chi connectivity index (χ4n) is 1.77. The van der Waals surface area contributed by atoms with Gasteiger partial charge in [-0.3, -0.25) is 15.1 Å². The van der Waals surface area contributed by atoms with E-state index in [4.69, 9.17) is 10.6 Å². The maximum atomic E-state index is 11.5. The number of nitrogens with zero attached hydrogens (tertiary/aromatic N) is 1. The molecule has 1 unspecified atom stereocenters. The highest BCUT2D eigenvalue weighted by Crippen LogP contribution is 2.19. The monoisotopic (exact) mass is 215 g/mol. The quantitative estimate of drug-likeness (QED) is 0.386. The van der Waals surface area contributed by atoms with E-state index >= 15 is 0 Å². The van der Waals surface area contributed by atoms with Crippen molar-refractivity contribution >= 4 is 5.91 Å². The van der Waals surface area contributed by atoms with Crippen molar-refractivity contribution in [2.75, 3.05) is 26.3 Å². The number of rotatable bonds is 3. The van der Waals surface area contributed by atoms with Crippen molar-refractivity contribution in [3.05, 3.63) is 0 Å². The third kappa shape index (κ3) is 3.15. The number of carbonyl (C=O) groups is 1. The van der Waals surface area contributed by atoms with Gasteiger partial charge < -0.3 is 4.74 Å². The highest BCUT2D eigenvalue weighted by molar-refractivity contribution is 5.81. The molecule has 15 heavy (non-hydrogen) atoms. The molecule has 0 aromatic rings. The Labute approximate surface area is 90.9 Å². The van der Waals surface area contributed by atoms with E-state index in [0.29, 0.717) is 12.6 Å². The van der Waals surface area contributed by atoms with E-state index in [1.165, 1.54) is 0 Å². The number of carbonyl (C=O) groups excluding carboxylic acids is 1. The smallest absolute Gasteiger partial charge is 0.240 e.